The molecule has 7 nitrogen and oxygen atoms in total. The van der Waals surface area contributed by atoms with Gasteiger partial charge in [-0.2, -0.15) is 0 Å². The summed E-state index contributed by atoms with van der Waals surface area (Å²) in [7, 11) is 1.57. The van der Waals surface area contributed by atoms with E-state index in [2.05, 4.69) is 10.6 Å². The Labute approximate surface area is 160 Å². The molecule has 1 fully saturated rings. The number of rotatable bonds is 7. The number of ether oxygens (including phenoxy) is 1. The Bertz CT molecular complexity index is 652. The highest BCUT2D eigenvalue weighted by molar-refractivity contribution is 5.97. The van der Waals surface area contributed by atoms with Crippen molar-refractivity contribution >= 4 is 17.7 Å². The number of aryl methyl sites for hydroxylation is 1. The molecule has 1 atom stereocenters. The first-order chi connectivity index (χ1) is 12.9. The lowest BCUT2D eigenvalue weighted by molar-refractivity contribution is -0.130. The van der Waals surface area contributed by atoms with Crippen LogP contribution in [0.4, 0.5) is 0 Å². The fourth-order valence-corrected chi connectivity index (χ4v) is 3.26. The number of likely N-dealkylation sites (tertiary alicyclic amines) is 1. The van der Waals surface area contributed by atoms with Crippen LogP contribution >= 0.6 is 0 Å². The molecule has 2 rings (SSSR count). The Morgan fingerprint density at radius 1 is 1.19 bits per heavy atom. The summed E-state index contributed by atoms with van der Waals surface area (Å²) in [6.07, 6.45) is 1.35. The summed E-state index contributed by atoms with van der Waals surface area (Å²) in [6, 6.07) is 6.61. The number of benzene rings is 1. The molecule has 0 aliphatic carbocycles. The average Bonchev–Trinajstić information content (AvgIpc) is 2.66. The van der Waals surface area contributed by atoms with Crippen LogP contribution in [0.5, 0.6) is 0 Å². The predicted octanol–water partition coefficient (Wildman–Crippen LogP) is 1.11. The molecule has 27 heavy (non-hydrogen) atoms. The van der Waals surface area contributed by atoms with Crippen molar-refractivity contribution in [2.45, 2.75) is 32.7 Å². The number of methoxy groups -OCH3 is 1. The van der Waals surface area contributed by atoms with E-state index in [4.69, 9.17) is 4.74 Å². The van der Waals surface area contributed by atoms with Crippen LogP contribution in [0.3, 0.4) is 0 Å². The molecule has 1 aliphatic heterocycles. The van der Waals surface area contributed by atoms with Crippen molar-refractivity contribution in [2.75, 3.05) is 33.4 Å². The largest absolute Gasteiger partial charge is 0.383 e. The fraction of sp³-hybridized carbons (Fsp3) is 0.550. The Hall–Kier alpha value is -2.41. The SMILES string of the molecule is COCCNC(=O)[C@@H](NC(=O)c1ccc(C)cc1)C1CCN(C(C)=O)CC1. The minimum atomic E-state index is -0.634. The first-order valence-corrected chi connectivity index (χ1v) is 9.32. The van der Waals surface area contributed by atoms with Crippen LogP contribution in [0.2, 0.25) is 0 Å². The van der Waals surface area contributed by atoms with Crippen LogP contribution in [0, 0.1) is 12.8 Å². The van der Waals surface area contributed by atoms with Gasteiger partial charge in [0.2, 0.25) is 11.8 Å². The van der Waals surface area contributed by atoms with Crippen molar-refractivity contribution in [3.63, 3.8) is 0 Å². The highest BCUT2D eigenvalue weighted by Gasteiger charge is 2.33. The zero-order valence-corrected chi connectivity index (χ0v) is 16.3. The van der Waals surface area contributed by atoms with Crippen LogP contribution in [0.1, 0.15) is 35.7 Å². The van der Waals surface area contributed by atoms with Gasteiger partial charge in [0.05, 0.1) is 6.61 Å². The summed E-state index contributed by atoms with van der Waals surface area (Å²) in [5.41, 5.74) is 1.59. The van der Waals surface area contributed by atoms with E-state index in [1.54, 1.807) is 31.1 Å². The van der Waals surface area contributed by atoms with E-state index >= 15 is 0 Å². The Kier molecular flexibility index (Phi) is 7.79. The van der Waals surface area contributed by atoms with Crippen LogP contribution in [0.15, 0.2) is 24.3 Å². The van der Waals surface area contributed by atoms with Crippen molar-refractivity contribution in [1.29, 1.82) is 0 Å². The van der Waals surface area contributed by atoms with E-state index in [9.17, 15) is 14.4 Å². The van der Waals surface area contributed by atoms with Gasteiger partial charge >= 0.3 is 0 Å². The van der Waals surface area contributed by atoms with E-state index in [1.807, 2.05) is 19.1 Å². The summed E-state index contributed by atoms with van der Waals surface area (Å²) in [4.78, 5) is 38.6. The third kappa shape index (κ3) is 6.06. The molecule has 0 unspecified atom stereocenters. The van der Waals surface area contributed by atoms with Gasteiger partial charge in [-0.05, 0) is 37.8 Å². The lowest BCUT2D eigenvalue weighted by Gasteiger charge is -2.35. The zero-order valence-electron chi connectivity index (χ0n) is 16.3. The molecule has 1 saturated heterocycles. The molecule has 3 amide bonds. The lowest BCUT2D eigenvalue weighted by atomic mass is 9.88. The van der Waals surface area contributed by atoms with E-state index in [-0.39, 0.29) is 23.6 Å². The monoisotopic (exact) mass is 375 g/mol. The molecule has 1 aromatic carbocycles. The second-order valence-corrected chi connectivity index (χ2v) is 6.94. The molecule has 0 saturated carbocycles. The summed E-state index contributed by atoms with van der Waals surface area (Å²) >= 11 is 0. The molecule has 0 radical (unpaired) electrons. The maximum Gasteiger partial charge on any atom is 0.251 e. The van der Waals surface area contributed by atoms with Gasteiger partial charge in [-0.3, -0.25) is 14.4 Å². The van der Waals surface area contributed by atoms with Crippen LogP contribution in [-0.4, -0.2) is 62.0 Å². The summed E-state index contributed by atoms with van der Waals surface area (Å²) in [5, 5.41) is 5.72. The van der Waals surface area contributed by atoms with Crippen molar-refractivity contribution < 1.29 is 19.1 Å². The van der Waals surface area contributed by atoms with Gasteiger partial charge in [0, 0.05) is 39.2 Å². The number of carbonyl (C=O) groups excluding carboxylic acids is 3. The molecule has 1 aromatic rings. The minimum Gasteiger partial charge on any atom is -0.383 e. The van der Waals surface area contributed by atoms with Gasteiger partial charge in [0.1, 0.15) is 6.04 Å². The fourth-order valence-electron chi connectivity index (χ4n) is 3.26. The summed E-state index contributed by atoms with van der Waals surface area (Å²) in [5.74, 6) is -0.458. The third-order valence-electron chi connectivity index (χ3n) is 4.94. The second-order valence-electron chi connectivity index (χ2n) is 6.94. The molecule has 2 N–H and O–H groups in total. The standard InChI is InChI=1S/C20H29N3O4/c1-14-4-6-17(7-5-14)19(25)22-18(20(26)21-10-13-27-3)16-8-11-23(12-9-16)15(2)24/h4-7,16,18H,8-13H2,1-3H3,(H,21,26)(H,22,25)/t18-/m0/s1. The Morgan fingerprint density at radius 2 is 1.81 bits per heavy atom. The highest BCUT2D eigenvalue weighted by atomic mass is 16.5. The number of hydrogen-bond donors (Lipinski definition) is 2. The highest BCUT2D eigenvalue weighted by Crippen LogP contribution is 2.21. The molecule has 0 spiro atoms. The van der Waals surface area contributed by atoms with Crippen molar-refractivity contribution in [3.05, 3.63) is 35.4 Å². The molecule has 148 valence electrons. The van der Waals surface area contributed by atoms with Gasteiger partial charge in [-0.1, -0.05) is 17.7 Å². The van der Waals surface area contributed by atoms with Crippen molar-refractivity contribution in [1.82, 2.24) is 15.5 Å². The smallest absolute Gasteiger partial charge is 0.251 e. The van der Waals surface area contributed by atoms with Gasteiger partial charge < -0.3 is 20.3 Å². The maximum atomic E-state index is 12.7. The van der Waals surface area contributed by atoms with Gasteiger partial charge in [0.15, 0.2) is 0 Å². The molecular weight excluding hydrogens is 346 g/mol. The molecule has 0 aromatic heterocycles. The van der Waals surface area contributed by atoms with Gasteiger partial charge in [-0.25, -0.2) is 0 Å². The Balaban J connectivity index is 2.07. The molecular formula is C20H29N3O4. The van der Waals surface area contributed by atoms with Crippen LogP contribution in [-0.2, 0) is 14.3 Å². The number of hydrogen-bond acceptors (Lipinski definition) is 4. The summed E-state index contributed by atoms with van der Waals surface area (Å²) in [6.45, 7) is 5.50. The van der Waals surface area contributed by atoms with Crippen LogP contribution < -0.4 is 10.6 Å². The first-order valence-electron chi connectivity index (χ1n) is 9.32. The van der Waals surface area contributed by atoms with Crippen molar-refractivity contribution in [2.24, 2.45) is 5.92 Å². The first kappa shape index (κ1) is 20.9. The number of piperidine rings is 1. The second kappa shape index (κ2) is 10.1. The number of carbonyl (C=O) groups is 3. The average molecular weight is 375 g/mol. The molecule has 7 heteroatoms. The van der Waals surface area contributed by atoms with E-state index in [0.29, 0.717) is 44.6 Å². The quantitative estimate of drug-likeness (QED) is 0.699. The lowest BCUT2D eigenvalue weighted by Crippen LogP contribution is -2.54. The van der Waals surface area contributed by atoms with E-state index in [0.717, 1.165) is 5.56 Å². The number of nitrogens with zero attached hydrogens (tertiary/aromatic N) is 1. The summed E-state index contributed by atoms with van der Waals surface area (Å²) < 4.78 is 4.97. The van der Waals surface area contributed by atoms with E-state index in [1.165, 1.54) is 0 Å². The van der Waals surface area contributed by atoms with Gasteiger partial charge in [-0.15, -0.1) is 0 Å². The Morgan fingerprint density at radius 3 is 2.37 bits per heavy atom. The number of nitrogens with one attached hydrogen (secondary N) is 2. The molecule has 0 bridgehead atoms. The predicted molar refractivity (Wildman–Crippen MR) is 102 cm³/mol. The maximum absolute atomic E-state index is 12.7. The van der Waals surface area contributed by atoms with Crippen LogP contribution in [0.25, 0.3) is 0 Å². The zero-order chi connectivity index (χ0) is 19.8. The van der Waals surface area contributed by atoms with E-state index < -0.39 is 6.04 Å². The minimum absolute atomic E-state index is 0.0162. The molecule has 1 heterocycles. The van der Waals surface area contributed by atoms with Crippen molar-refractivity contribution in [3.8, 4) is 0 Å². The topological polar surface area (TPSA) is 87.7 Å². The molecule has 1 aliphatic rings. The number of amides is 3. The van der Waals surface area contributed by atoms with Gasteiger partial charge in [0.25, 0.3) is 5.91 Å². The normalized spacial score (nSPS) is 15.9. The third-order valence-corrected chi connectivity index (χ3v) is 4.94.